The molecule has 0 amide bonds. The van der Waals surface area contributed by atoms with Gasteiger partial charge in [0, 0.05) is 20.1 Å². The SMILES string of the molecule is CN1CCC2(CC1)Cn1c(nn(Cc3ccccc3)c(=O)c1=O)N2C.O=C(O)C(F)(F)F. The average molecular weight is 455 g/mol. The van der Waals surface area contributed by atoms with Crippen molar-refractivity contribution in [1.29, 1.82) is 0 Å². The lowest BCUT2D eigenvalue weighted by atomic mass is 9.87. The molecule has 1 aromatic carbocycles. The molecule has 9 nitrogen and oxygen atoms in total. The molecule has 3 heterocycles. The fourth-order valence-corrected chi connectivity index (χ4v) is 3.92. The van der Waals surface area contributed by atoms with Crippen LogP contribution in [0.3, 0.4) is 0 Å². The van der Waals surface area contributed by atoms with Crippen LogP contribution in [0.4, 0.5) is 19.1 Å². The molecule has 2 aliphatic rings. The number of alkyl halides is 3. The predicted molar refractivity (Wildman–Crippen MR) is 110 cm³/mol. The third-order valence-electron chi connectivity index (χ3n) is 5.91. The third kappa shape index (κ3) is 4.69. The number of anilines is 1. The van der Waals surface area contributed by atoms with Crippen LogP contribution in [0.2, 0.25) is 0 Å². The summed E-state index contributed by atoms with van der Waals surface area (Å²) in [6.07, 6.45) is -3.15. The number of aliphatic carboxylic acids is 1. The largest absolute Gasteiger partial charge is 0.490 e. The van der Waals surface area contributed by atoms with E-state index in [4.69, 9.17) is 9.90 Å². The fourth-order valence-electron chi connectivity index (χ4n) is 3.92. The third-order valence-corrected chi connectivity index (χ3v) is 5.91. The minimum absolute atomic E-state index is 0.107. The van der Waals surface area contributed by atoms with E-state index in [1.54, 1.807) is 4.57 Å². The number of carboxylic acids is 1. The molecular formula is C20H24F3N5O4. The summed E-state index contributed by atoms with van der Waals surface area (Å²) >= 11 is 0. The van der Waals surface area contributed by atoms with Crippen LogP contribution in [0.5, 0.6) is 0 Å². The summed E-state index contributed by atoms with van der Waals surface area (Å²) in [6, 6.07) is 9.62. The Morgan fingerprint density at radius 3 is 2.19 bits per heavy atom. The Morgan fingerprint density at radius 2 is 1.66 bits per heavy atom. The molecule has 1 fully saturated rings. The maximum absolute atomic E-state index is 12.7. The van der Waals surface area contributed by atoms with Crippen LogP contribution in [0.1, 0.15) is 18.4 Å². The lowest BCUT2D eigenvalue weighted by Gasteiger charge is -2.42. The summed E-state index contributed by atoms with van der Waals surface area (Å²) in [5, 5.41) is 11.7. The second-order valence-corrected chi connectivity index (χ2v) is 8.03. The van der Waals surface area contributed by atoms with Gasteiger partial charge in [0.2, 0.25) is 5.95 Å². The second-order valence-electron chi connectivity index (χ2n) is 8.03. The number of hydrogen-bond donors (Lipinski definition) is 1. The van der Waals surface area contributed by atoms with E-state index in [0.717, 1.165) is 31.5 Å². The van der Waals surface area contributed by atoms with E-state index in [-0.39, 0.29) is 5.54 Å². The van der Waals surface area contributed by atoms with Crippen LogP contribution in [-0.2, 0) is 17.9 Å². The van der Waals surface area contributed by atoms with E-state index in [1.165, 1.54) is 4.68 Å². The number of hydrogen-bond acceptors (Lipinski definition) is 6. The summed E-state index contributed by atoms with van der Waals surface area (Å²) in [5.74, 6) is -2.16. The average Bonchev–Trinajstić information content (AvgIpc) is 3.01. The highest BCUT2D eigenvalue weighted by Crippen LogP contribution is 2.36. The minimum atomic E-state index is -5.08. The van der Waals surface area contributed by atoms with Gasteiger partial charge in [0.25, 0.3) is 0 Å². The van der Waals surface area contributed by atoms with E-state index in [0.29, 0.717) is 19.0 Å². The monoisotopic (exact) mass is 455 g/mol. The number of rotatable bonds is 2. The van der Waals surface area contributed by atoms with Gasteiger partial charge in [-0.05, 0) is 25.5 Å². The van der Waals surface area contributed by atoms with Gasteiger partial charge in [0.05, 0.1) is 18.6 Å². The zero-order valence-corrected chi connectivity index (χ0v) is 17.7. The molecule has 0 saturated carbocycles. The number of halogens is 3. The number of likely N-dealkylation sites (N-methyl/N-ethyl adjacent to an activating group) is 1. The van der Waals surface area contributed by atoms with Crippen LogP contribution >= 0.6 is 0 Å². The quantitative estimate of drug-likeness (QED) is 0.675. The first-order valence-electron chi connectivity index (χ1n) is 9.93. The summed E-state index contributed by atoms with van der Waals surface area (Å²) in [7, 11) is 4.11. The Labute approximate surface area is 181 Å². The smallest absolute Gasteiger partial charge is 0.475 e. The van der Waals surface area contributed by atoms with E-state index in [2.05, 4.69) is 21.9 Å². The zero-order valence-electron chi connectivity index (χ0n) is 17.7. The number of fused-ring (bicyclic) bond motifs is 1. The Kier molecular flexibility index (Phi) is 6.44. The molecule has 174 valence electrons. The van der Waals surface area contributed by atoms with Gasteiger partial charge >= 0.3 is 23.3 Å². The Morgan fingerprint density at radius 1 is 1.09 bits per heavy atom. The normalized spacial score (nSPS) is 17.6. The Hall–Kier alpha value is -3.15. The fraction of sp³-hybridized carbons (Fsp3) is 0.500. The van der Waals surface area contributed by atoms with E-state index >= 15 is 0 Å². The van der Waals surface area contributed by atoms with Gasteiger partial charge in [0.1, 0.15) is 0 Å². The number of piperidine rings is 1. The molecule has 0 bridgehead atoms. The molecule has 0 atom stereocenters. The summed E-state index contributed by atoms with van der Waals surface area (Å²) in [4.78, 5) is 38.5. The first kappa shape index (κ1) is 23.5. The van der Waals surface area contributed by atoms with Crippen LogP contribution < -0.4 is 16.0 Å². The molecule has 2 aromatic rings. The van der Waals surface area contributed by atoms with Crippen molar-refractivity contribution in [2.45, 2.75) is 37.6 Å². The predicted octanol–water partition coefficient (Wildman–Crippen LogP) is 1.00. The maximum Gasteiger partial charge on any atom is 0.490 e. The number of carboxylic acid groups (broad SMARTS) is 1. The summed E-state index contributed by atoms with van der Waals surface area (Å²) in [6.45, 7) is 2.84. The Balaban J connectivity index is 0.000000360. The molecule has 4 rings (SSSR count). The Bertz CT molecular complexity index is 1090. The molecular weight excluding hydrogens is 431 g/mol. The van der Waals surface area contributed by atoms with Crippen molar-refractivity contribution < 1.29 is 23.1 Å². The zero-order chi connectivity index (χ0) is 23.7. The number of likely N-dealkylation sites (tertiary alicyclic amines) is 1. The van der Waals surface area contributed by atoms with Gasteiger partial charge in [0.15, 0.2) is 0 Å². The highest BCUT2D eigenvalue weighted by molar-refractivity contribution is 5.73. The lowest BCUT2D eigenvalue weighted by molar-refractivity contribution is -0.192. The van der Waals surface area contributed by atoms with Crippen LogP contribution in [-0.4, -0.2) is 69.2 Å². The van der Waals surface area contributed by atoms with Gasteiger partial charge in [-0.2, -0.15) is 13.2 Å². The van der Waals surface area contributed by atoms with E-state index < -0.39 is 23.3 Å². The molecule has 12 heteroatoms. The molecule has 0 aliphatic carbocycles. The van der Waals surface area contributed by atoms with Crippen LogP contribution in [0.25, 0.3) is 0 Å². The van der Waals surface area contributed by atoms with Crippen LogP contribution in [0.15, 0.2) is 39.9 Å². The maximum atomic E-state index is 12.7. The van der Waals surface area contributed by atoms with E-state index in [1.807, 2.05) is 37.4 Å². The highest BCUT2D eigenvalue weighted by atomic mass is 19.4. The topological polar surface area (TPSA) is 101 Å². The molecule has 2 aliphatic heterocycles. The van der Waals surface area contributed by atoms with Crippen LogP contribution in [0, 0.1) is 0 Å². The summed E-state index contributed by atoms with van der Waals surface area (Å²) < 4.78 is 34.6. The van der Waals surface area contributed by atoms with Crippen molar-refractivity contribution in [2.75, 3.05) is 32.1 Å². The number of benzene rings is 1. The van der Waals surface area contributed by atoms with Gasteiger partial charge in [-0.25, -0.2) is 9.48 Å². The first-order chi connectivity index (χ1) is 14.9. The molecule has 32 heavy (non-hydrogen) atoms. The van der Waals surface area contributed by atoms with Crippen molar-refractivity contribution in [3.05, 3.63) is 56.6 Å². The molecule has 1 spiro atoms. The van der Waals surface area contributed by atoms with Gasteiger partial charge in [-0.1, -0.05) is 30.3 Å². The number of aromatic nitrogens is 3. The molecule has 1 N–H and O–H groups in total. The van der Waals surface area contributed by atoms with Crippen molar-refractivity contribution in [2.24, 2.45) is 0 Å². The molecule has 0 unspecified atom stereocenters. The highest BCUT2D eigenvalue weighted by Gasteiger charge is 2.45. The van der Waals surface area contributed by atoms with Crippen molar-refractivity contribution in [3.63, 3.8) is 0 Å². The number of carbonyl (C=O) groups is 1. The van der Waals surface area contributed by atoms with Gasteiger partial charge in [-0.15, -0.1) is 5.10 Å². The second kappa shape index (κ2) is 8.77. The minimum Gasteiger partial charge on any atom is -0.475 e. The van der Waals surface area contributed by atoms with Gasteiger partial charge in [-0.3, -0.25) is 14.2 Å². The molecule has 0 radical (unpaired) electrons. The molecule has 1 saturated heterocycles. The van der Waals surface area contributed by atoms with Crippen molar-refractivity contribution in [1.82, 2.24) is 19.2 Å². The lowest BCUT2D eigenvalue weighted by Crippen LogP contribution is -2.52. The van der Waals surface area contributed by atoms with Crippen molar-refractivity contribution in [3.8, 4) is 0 Å². The first-order valence-corrected chi connectivity index (χ1v) is 9.93. The van der Waals surface area contributed by atoms with Crippen molar-refractivity contribution >= 4 is 11.9 Å². The summed E-state index contributed by atoms with van der Waals surface area (Å²) in [5.41, 5.74) is -0.171. The standard InChI is InChI=1S/C18H23N5O2.C2HF3O2/c1-20-10-8-18(9-11-20)13-22-15(24)16(25)23(19-17(22)21(18)2)12-14-6-4-3-5-7-14;3-2(4,5)1(6)7/h3-7H,8-13H2,1-2H3;(H,6,7). The van der Waals surface area contributed by atoms with Gasteiger partial charge < -0.3 is 14.9 Å². The molecule has 1 aromatic heterocycles. The van der Waals surface area contributed by atoms with E-state index in [9.17, 15) is 22.8 Å². The number of nitrogens with zero attached hydrogens (tertiary/aromatic N) is 5.